The van der Waals surface area contributed by atoms with Gasteiger partial charge in [-0.15, -0.1) is 11.3 Å². The van der Waals surface area contributed by atoms with Crippen LogP contribution in [0, 0.1) is 0 Å². The number of halogens is 2. The minimum absolute atomic E-state index is 0.0214. The fourth-order valence-corrected chi connectivity index (χ4v) is 3.18. The predicted octanol–water partition coefficient (Wildman–Crippen LogP) is 2.54. The SMILES string of the molecule is O=C(NS(=O)(=O)Nc1ccc(Cl)cc1)c1scnc1Cl. The van der Waals surface area contributed by atoms with Crippen molar-refractivity contribution in [2.24, 2.45) is 0 Å². The number of benzene rings is 1. The molecule has 0 fully saturated rings. The molecule has 10 heteroatoms. The highest BCUT2D eigenvalue weighted by Crippen LogP contribution is 2.19. The minimum atomic E-state index is -4.06. The lowest BCUT2D eigenvalue weighted by molar-refractivity contribution is 0.0985. The van der Waals surface area contributed by atoms with Crippen molar-refractivity contribution in [3.8, 4) is 0 Å². The third-order valence-corrected chi connectivity index (χ3v) is 4.49. The molecule has 2 rings (SSSR count). The van der Waals surface area contributed by atoms with Gasteiger partial charge in [-0.05, 0) is 24.3 Å². The van der Waals surface area contributed by atoms with Crippen LogP contribution in [0.15, 0.2) is 29.8 Å². The molecule has 0 aliphatic rings. The largest absolute Gasteiger partial charge is 0.323 e. The van der Waals surface area contributed by atoms with Crippen molar-refractivity contribution in [3.63, 3.8) is 0 Å². The number of amides is 1. The summed E-state index contributed by atoms with van der Waals surface area (Å²) in [6.07, 6.45) is 0. The fourth-order valence-electron chi connectivity index (χ4n) is 1.25. The molecule has 1 amide bonds. The number of nitrogens with zero attached hydrogens (tertiary/aromatic N) is 1. The lowest BCUT2D eigenvalue weighted by Gasteiger charge is -2.08. The Morgan fingerprint density at radius 3 is 2.40 bits per heavy atom. The predicted molar refractivity (Wildman–Crippen MR) is 78.6 cm³/mol. The van der Waals surface area contributed by atoms with Crippen LogP contribution in [0.5, 0.6) is 0 Å². The summed E-state index contributed by atoms with van der Waals surface area (Å²) in [5, 5.41) is 0.419. The molecule has 0 saturated carbocycles. The van der Waals surface area contributed by atoms with Crippen molar-refractivity contribution < 1.29 is 13.2 Å². The van der Waals surface area contributed by atoms with Gasteiger partial charge in [-0.2, -0.15) is 8.42 Å². The molecule has 0 radical (unpaired) electrons. The lowest BCUT2D eigenvalue weighted by atomic mass is 10.3. The van der Waals surface area contributed by atoms with Gasteiger partial charge in [-0.3, -0.25) is 9.52 Å². The molecule has 0 bridgehead atoms. The zero-order valence-corrected chi connectivity index (χ0v) is 12.8. The van der Waals surface area contributed by atoms with Crippen molar-refractivity contribution in [2.45, 2.75) is 0 Å². The fraction of sp³-hybridized carbons (Fsp3) is 0. The van der Waals surface area contributed by atoms with Crippen LogP contribution >= 0.6 is 34.5 Å². The average molecular weight is 352 g/mol. The third-order valence-electron chi connectivity index (χ3n) is 2.05. The second-order valence-corrected chi connectivity index (χ2v) is 6.58. The van der Waals surface area contributed by atoms with E-state index in [4.69, 9.17) is 23.2 Å². The molecule has 106 valence electrons. The maximum Gasteiger partial charge on any atom is 0.323 e. The van der Waals surface area contributed by atoms with Gasteiger partial charge in [0, 0.05) is 5.02 Å². The van der Waals surface area contributed by atoms with E-state index in [2.05, 4.69) is 9.71 Å². The zero-order chi connectivity index (χ0) is 14.8. The highest BCUT2D eigenvalue weighted by atomic mass is 35.5. The van der Waals surface area contributed by atoms with Gasteiger partial charge >= 0.3 is 10.2 Å². The van der Waals surface area contributed by atoms with Crippen molar-refractivity contribution in [2.75, 3.05) is 4.72 Å². The van der Waals surface area contributed by atoms with Gasteiger partial charge in [0.25, 0.3) is 5.91 Å². The van der Waals surface area contributed by atoms with Crippen molar-refractivity contribution in [1.82, 2.24) is 9.71 Å². The standard InChI is InChI=1S/C10H7Cl2N3O3S2/c11-6-1-3-7(4-2-6)14-20(17,18)15-10(16)8-9(12)13-5-19-8/h1-5,14H,(H,15,16). The molecular weight excluding hydrogens is 345 g/mol. The number of nitrogens with one attached hydrogen (secondary N) is 2. The van der Waals surface area contributed by atoms with Crippen LogP contribution < -0.4 is 9.44 Å². The first-order chi connectivity index (χ1) is 9.37. The van der Waals surface area contributed by atoms with Gasteiger partial charge < -0.3 is 0 Å². The highest BCUT2D eigenvalue weighted by molar-refractivity contribution is 7.91. The second-order valence-electron chi connectivity index (χ2n) is 3.52. The Labute approximate surface area is 128 Å². The maximum absolute atomic E-state index is 11.8. The van der Waals surface area contributed by atoms with Crippen LogP contribution in [0.2, 0.25) is 10.2 Å². The maximum atomic E-state index is 11.8. The number of hydrogen-bond donors (Lipinski definition) is 2. The van der Waals surface area contributed by atoms with Gasteiger partial charge in [0.15, 0.2) is 5.15 Å². The van der Waals surface area contributed by atoms with Crippen LogP contribution in [0.1, 0.15) is 9.67 Å². The number of carbonyl (C=O) groups is 1. The molecule has 1 aromatic carbocycles. The third kappa shape index (κ3) is 3.83. The lowest BCUT2D eigenvalue weighted by Crippen LogP contribution is -2.35. The molecule has 0 aliphatic carbocycles. The number of thiazole rings is 1. The average Bonchev–Trinajstić information content (AvgIpc) is 2.77. The molecule has 1 heterocycles. The summed E-state index contributed by atoms with van der Waals surface area (Å²) in [7, 11) is -4.06. The molecule has 20 heavy (non-hydrogen) atoms. The summed E-state index contributed by atoms with van der Waals surface area (Å²) in [5.41, 5.74) is 1.61. The Bertz CT molecular complexity index is 728. The van der Waals surface area contributed by atoms with E-state index in [9.17, 15) is 13.2 Å². The number of aromatic nitrogens is 1. The van der Waals surface area contributed by atoms with E-state index in [-0.39, 0.29) is 15.7 Å². The zero-order valence-electron chi connectivity index (χ0n) is 9.63. The summed E-state index contributed by atoms with van der Waals surface area (Å²) in [4.78, 5) is 15.4. The summed E-state index contributed by atoms with van der Waals surface area (Å²) >= 11 is 12.3. The van der Waals surface area contributed by atoms with E-state index >= 15 is 0 Å². The van der Waals surface area contributed by atoms with Crippen LogP contribution in [-0.4, -0.2) is 19.3 Å². The Morgan fingerprint density at radius 2 is 1.85 bits per heavy atom. The van der Waals surface area contributed by atoms with Gasteiger partial charge in [-0.25, -0.2) is 9.71 Å². The topological polar surface area (TPSA) is 88.2 Å². The number of anilines is 1. The molecule has 0 unspecified atom stereocenters. The molecule has 2 N–H and O–H groups in total. The molecule has 0 saturated heterocycles. The molecular formula is C10H7Cl2N3O3S2. The Kier molecular flexibility index (Phi) is 4.48. The molecule has 0 spiro atoms. The molecule has 0 atom stereocenters. The van der Waals surface area contributed by atoms with E-state index in [0.29, 0.717) is 5.02 Å². The van der Waals surface area contributed by atoms with Crippen molar-refractivity contribution in [1.29, 1.82) is 0 Å². The molecule has 0 aliphatic heterocycles. The summed E-state index contributed by atoms with van der Waals surface area (Å²) in [5.74, 6) is -0.848. The smallest absolute Gasteiger partial charge is 0.267 e. The van der Waals surface area contributed by atoms with Gasteiger partial charge in [0.2, 0.25) is 0 Å². The van der Waals surface area contributed by atoms with E-state index in [1.165, 1.54) is 29.8 Å². The molecule has 1 aromatic heterocycles. The second kappa shape index (κ2) is 5.96. The normalized spacial score (nSPS) is 11.1. The number of rotatable bonds is 4. The molecule has 6 nitrogen and oxygen atoms in total. The highest BCUT2D eigenvalue weighted by Gasteiger charge is 2.19. The van der Waals surface area contributed by atoms with Crippen LogP contribution in [-0.2, 0) is 10.2 Å². The van der Waals surface area contributed by atoms with Crippen LogP contribution in [0.4, 0.5) is 5.69 Å². The van der Waals surface area contributed by atoms with Crippen LogP contribution in [0.3, 0.4) is 0 Å². The van der Waals surface area contributed by atoms with E-state index in [1.807, 2.05) is 4.72 Å². The summed E-state index contributed by atoms with van der Waals surface area (Å²) in [6, 6.07) is 5.96. The minimum Gasteiger partial charge on any atom is -0.267 e. The Hall–Kier alpha value is -1.35. The Morgan fingerprint density at radius 1 is 1.20 bits per heavy atom. The van der Waals surface area contributed by atoms with E-state index in [0.717, 1.165) is 11.3 Å². The molecule has 2 aromatic rings. The van der Waals surface area contributed by atoms with Crippen LogP contribution in [0.25, 0.3) is 0 Å². The van der Waals surface area contributed by atoms with Crippen molar-refractivity contribution in [3.05, 3.63) is 44.8 Å². The van der Waals surface area contributed by atoms with Gasteiger partial charge in [0.1, 0.15) is 4.88 Å². The first kappa shape index (κ1) is 15.0. The number of carbonyl (C=O) groups excluding carboxylic acids is 1. The number of hydrogen-bond acceptors (Lipinski definition) is 5. The monoisotopic (exact) mass is 351 g/mol. The first-order valence-corrected chi connectivity index (χ1v) is 8.19. The Balaban J connectivity index is 2.10. The first-order valence-electron chi connectivity index (χ1n) is 5.07. The van der Waals surface area contributed by atoms with Gasteiger partial charge in [-0.1, -0.05) is 23.2 Å². The van der Waals surface area contributed by atoms with Crippen molar-refractivity contribution >= 4 is 56.3 Å². The quantitative estimate of drug-likeness (QED) is 0.885. The summed E-state index contributed by atoms with van der Waals surface area (Å²) < 4.78 is 27.6. The van der Waals surface area contributed by atoms with E-state index in [1.54, 1.807) is 0 Å². The van der Waals surface area contributed by atoms with E-state index < -0.39 is 16.1 Å². The van der Waals surface area contributed by atoms with Gasteiger partial charge in [0.05, 0.1) is 11.2 Å². The summed E-state index contributed by atoms with van der Waals surface area (Å²) in [6.45, 7) is 0.